The molecule has 182 valence electrons. The van der Waals surface area contributed by atoms with Gasteiger partial charge in [-0.2, -0.15) is 0 Å². The summed E-state index contributed by atoms with van der Waals surface area (Å²) in [4.78, 5) is 14.5. The lowest BCUT2D eigenvalue weighted by Crippen LogP contribution is -2.25. The smallest absolute Gasteiger partial charge is 0.341 e. The van der Waals surface area contributed by atoms with Crippen molar-refractivity contribution in [2.24, 2.45) is 5.92 Å². The zero-order valence-electron chi connectivity index (χ0n) is 19.5. The van der Waals surface area contributed by atoms with Crippen molar-refractivity contribution in [3.8, 4) is 5.75 Å². The molecule has 0 saturated heterocycles. The maximum Gasteiger partial charge on any atom is 0.341 e. The highest BCUT2D eigenvalue weighted by Gasteiger charge is 2.45. The Hall–Kier alpha value is -2.75. The Morgan fingerprint density at radius 1 is 1.24 bits per heavy atom. The maximum atomic E-state index is 14.2. The van der Waals surface area contributed by atoms with Crippen molar-refractivity contribution in [2.75, 3.05) is 30.5 Å². The van der Waals surface area contributed by atoms with E-state index < -0.39 is 23.1 Å². The zero-order chi connectivity index (χ0) is 24.6. The fourth-order valence-electron chi connectivity index (χ4n) is 4.65. The first-order valence-electron chi connectivity index (χ1n) is 11.4. The molecule has 0 amide bonds. The molecule has 2 aromatic carbocycles. The number of likely N-dealkylation sites (N-methyl/N-ethyl adjacent to an activating group) is 1. The number of anilines is 2. The van der Waals surface area contributed by atoms with Gasteiger partial charge in [0.05, 0.1) is 18.0 Å². The van der Waals surface area contributed by atoms with E-state index in [1.807, 2.05) is 6.92 Å². The quantitative estimate of drug-likeness (QED) is 0.481. The molecule has 3 unspecified atom stereocenters. The second kappa shape index (κ2) is 9.85. The van der Waals surface area contributed by atoms with Gasteiger partial charge in [-0.3, -0.25) is 9.45 Å². The van der Waals surface area contributed by atoms with Crippen LogP contribution in [0.5, 0.6) is 5.75 Å². The molecule has 34 heavy (non-hydrogen) atoms. The summed E-state index contributed by atoms with van der Waals surface area (Å²) < 4.78 is 43.9. The van der Waals surface area contributed by atoms with E-state index in [0.717, 1.165) is 35.0 Å². The Labute approximate surface area is 201 Å². The van der Waals surface area contributed by atoms with Crippen LogP contribution in [-0.2, 0) is 11.3 Å². The second-order valence-electron chi connectivity index (χ2n) is 8.78. The minimum atomic E-state index is -2.62. The van der Waals surface area contributed by atoms with Gasteiger partial charge in [0.1, 0.15) is 17.1 Å². The Kier molecular flexibility index (Phi) is 7.06. The zero-order valence-corrected chi connectivity index (χ0v) is 20.3. The molecule has 1 aliphatic heterocycles. The van der Waals surface area contributed by atoms with Crippen LogP contribution in [0.15, 0.2) is 35.9 Å². The number of halogens is 1. The number of benzene rings is 2. The number of fused-ring (bicyclic) bond motifs is 3. The van der Waals surface area contributed by atoms with Crippen LogP contribution in [0.25, 0.3) is 6.08 Å². The van der Waals surface area contributed by atoms with E-state index in [4.69, 9.17) is 4.74 Å². The molecule has 0 spiro atoms. The summed E-state index contributed by atoms with van der Waals surface area (Å²) in [7, 11) is 0. The Bertz CT molecular complexity index is 1160. The van der Waals surface area contributed by atoms with Gasteiger partial charge in [-0.15, -0.1) is 0 Å². The minimum absolute atomic E-state index is 0.0221. The molecule has 2 aromatic rings. The largest absolute Gasteiger partial charge is 0.492 e. The third-order valence-electron chi connectivity index (χ3n) is 6.50. The van der Waals surface area contributed by atoms with Crippen molar-refractivity contribution < 1.29 is 27.8 Å². The Morgan fingerprint density at radius 3 is 2.59 bits per heavy atom. The van der Waals surface area contributed by atoms with Gasteiger partial charge in [-0.05, 0) is 62.2 Å². The number of nitrogens with zero attached hydrogens (tertiary/aromatic N) is 2. The third-order valence-corrected chi connectivity index (χ3v) is 7.20. The van der Waals surface area contributed by atoms with Gasteiger partial charge in [0.25, 0.3) is 11.3 Å². The molecule has 0 radical (unpaired) electrons. The first-order valence-corrected chi connectivity index (χ1v) is 12.4. The molecule has 4 rings (SSSR count). The van der Waals surface area contributed by atoms with Crippen LogP contribution in [0.3, 0.4) is 0 Å². The molecular weight excluding hydrogens is 459 g/mol. The van der Waals surface area contributed by atoms with Gasteiger partial charge in [0.15, 0.2) is 0 Å². The van der Waals surface area contributed by atoms with E-state index in [9.17, 15) is 23.1 Å². The number of carbonyl (C=O) groups is 1. The van der Waals surface area contributed by atoms with Crippen molar-refractivity contribution in [3.63, 3.8) is 0 Å². The molecule has 9 heteroatoms. The average molecular weight is 489 g/mol. The molecular formula is C25H29FN2O5S. The molecule has 0 aromatic heterocycles. The summed E-state index contributed by atoms with van der Waals surface area (Å²) in [5, 5.41) is 10.0. The molecule has 3 atom stereocenters. The molecule has 0 bridgehead atoms. The second-order valence-corrected chi connectivity index (χ2v) is 9.60. The van der Waals surface area contributed by atoms with Crippen molar-refractivity contribution in [1.82, 2.24) is 4.90 Å². The summed E-state index contributed by atoms with van der Waals surface area (Å²) >= 11 is -2.62. The summed E-state index contributed by atoms with van der Waals surface area (Å²) in [5.74, 6) is -0.850. The predicted octanol–water partition coefficient (Wildman–Crippen LogP) is 5.04. The topological polar surface area (TPSA) is 90.3 Å². The summed E-state index contributed by atoms with van der Waals surface area (Å²) in [6.45, 7) is 8.80. The van der Waals surface area contributed by atoms with Crippen LogP contribution in [0.2, 0.25) is 0 Å². The lowest BCUT2D eigenvalue weighted by molar-refractivity contribution is 0.0692. The molecule has 1 aliphatic carbocycles. The Morgan fingerprint density at radius 2 is 1.94 bits per heavy atom. The number of carboxylic acid groups (broad SMARTS) is 1. The molecule has 2 N–H and O–H groups in total. The minimum Gasteiger partial charge on any atom is -0.492 e. The van der Waals surface area contributed by atoms with E-state index in [0.29, 0.717) is 24.6 Å². The van der Waals surface area contributed by atoms with Crippen LogP contribution in [0.1, 0.15) is 54.6 Å². The van der Waals surface area contributed by atoms with E-state index in [1.54, 1.807) is 18.2 Å². The number of ether oxygens (including phenoxy) is 1. The van der Waals surface area contributed by atoms with E-state index in [1.165, 1.54) is 18.2 Å². The van der Waals surface area contributed by atoms with E-state index in [-0.39, 0.29) is 28.6 Å². The number of hydrogen-bond donors (Lipinski definition) is 2. The van der Waals surface area contributed by atoms with Gasteiger partial charge >= 0.3 is 5.97 Å². The fourth-order valence-corrected chi connectivity index (χ4v) is 5.30. The van der Waals surface area contributed by atoms with Gasteiger partial charge in [0, 0.05) is 18.0 Å². The van der Waals surface area contributed by atoms with Gasteiger partial charge in [0.2, 0.25) is 0 Å². The van der Waals surface area contributed by atoms with Crippen LogP contribution < -0.4 is 9.04 Å². The van der Waals surface area contributed by atoms with Gasteiger partial charge in [-0.25, -0.2) is 17.7 Å². The van der Waals surface area contributed by atoms with Crippen LogP contribution in [-0.4, -0.2) is 51.0 Å². The van der Waals surface area contributed by atoms with Crippen LogP contribution in [0.4, 0.5) is 15.8 Å². The van der Waals surface area contributed by atoms with Crippen molar-refractivity contribution in [2.45, 2.75) is 33.1 Å². The SMILES string of the molecule is CCN(CC)CC(C)=Cc1cc(F)ccc1N(c1ccc2c(c1C(=O)O)OCC1CC21)S(=O)O. The monoisotopic (exact) mass is 488 g/mol. The standard InChI is InChI=1S/C25H29FN2O5S/c1-4-27(5-2)13-15(3)10-16-11-18(26)6-8-21(16)28(34(31)32)22-9-7-19-20-12-17(20)14-33-24(19)23(22)25(29)30/h6-11,17,20H,4-5,12-14H2,1-3H3,(H,29,30)(H,31,32). The summed E-state index contributed by atoms with van der Waals surface area (Å²) in [6, 6.07) is 7.18. The molecule has 2 aliphatic rings. The van der Waals surface area contributed by atoms with Crippen molar-refractivity contribution in [3.05, 3.63) is 58.4 Å². The third kappa shape index (κ3) is 4.73. The molecule has 1 saturated carbocycles. The number of carboxylic acids is 1. The Balaban J connectivity index is 1.83. The predicted molar refractivity (Wildman–Crippen MR) is 130 cm³/mol. The van der Waals surface area contributed by atoms with Crippen molar-refractivity contribution in [1.29, 1.82) is 0 Å². The first-order chi connectivity index (χ1) is 16.2. The average Bonchev–Trinajstić information content (AvgIpc) is 3.58. The lowest BCUT2D eigenvalue weighted by atomic mass is 9.99. The van der Waals surface area contributed by atoms with E-state index >= 15 is 0 Å². The lowest BCUT2D eigenvalue weighted by Gasteiger charge is -2.27. The van der Waals surface area contributed by atoms with Gasteiger partial charge < -0.3 is 9.84 Å². The van der Waals surface area contributed by atoms with Crippen molar-refractivity contribution >= 4 is 34.7 Å². The van der Waals surface area contributed by atoms with Crippen LogP contribution >= 0.6 is 0 Å². The first kappa shape index (κ1) is 24.4. The fraction of sp³-hybridized carbons (Fsp3) is 0.400. The number of rotatable bonds is 9. The molecule has 7 nitrogen and oxygen atoms in total. The highest BCUT2D eigenvalue weighted by Crippen LogP contribution is 2.56. The molecule has 1 fully saturated rings. The van der Waals surface area contributed by atoms with Gasteiger partial charge in [-0.1, -0.05) is 31.6 Å². The number of hydrogen-bond acceptors (Lipinski definition) is 4. The maximum absolute atomic E-state index is 14.2. The summed E-state index contributed by atoms with van der Waals surface area (Å²) in [5.41, 5.74) is 2.22. The van der Waals surface area contributed by atoms with Crippen LogP contribution in [0, 0.1) is 11.7 Å². The highest BCUT2D eigenvalue weighted by molar-refractivity contribution is 7.81. The normalized spacial score (nSPS) is 19.8. The molecule has 1 heterocycles. The van der Waals surface area contributed by atoms with E-state index in [2.05, 4.69) is 18.7 Å². The summed E-state index contributed by atoms with van der Waals surface area (Å²) in [6.07, 6.45) is 2.71. The number of aromatic carboxylic acids is 1. The highest BCUT2D eigenvalue weighted by atomic mass is 32.2.